The van der Waals surface area contributed by atoms with Crippen LogP contribution in [0.1, 0.15) is 25.7 Å². The Morgan fingerprint density at radius 2 is 2.44 bits per heavy atom. The highest BCUT2D eigenvalue weighted by Crippen LogP contribution is 2.59. The van der Waals surface area contributed by atoms with Crippen molar-refractivity contribution in [3.05, 3.63) is 11.6 Å². The number of hydrogen-bond donors (Lipinski definition) is 2. The van der Waals surface area contributed by atoms with Crippen LogP contribution in [0.2, 0.25) is 0 Å². The van der Waals surface area contributed by atoms with Crippen LogP contribution in [0.4, 0.5) is 4.39 Å². The van der Waals surface area contributed by atoms with Crippen LogP contribution in [-0.2, 0) is 4.79 Å². The molecule has 2 rings (SSSR count). The molecule has 0 aromatic carbocycles. The minimum Gasteiger partial charge on any atom is -0.481 e. The van der Waals surface area contributed by atoms with Crippen molar-refractivity contribution in [3.8, 4) is 0 Å². The standard InChI is InChI=1S/C12H18FNO2/c13-2-1-8-3-9-5-12(7-14,6-11(15)16)10(9)4-8/h4,9-10H,1-3,5-7,14H2,(H,15,16)/t9-,10+,12+/m0/s1. The highest BCUT2D eigenvalue weighted by atomic mass is 19.1. The van der Waals surface area contributed by atoms with Crippen LogP contribution in [-0.4, -0.2) is 24.3 Å². The molecule has 2 aliphatic rings. The first kappa shape index (κ1) is 11.6. The van der Waals surface area contributed by atoms with Crippen LogP contribution in [0, 0.1) is 17.3 Å². The number of fused-ring (bicyclic) bond motifs is 1. The quantitative estimate of drug-likeness (QED) is 0.703. The topological polar surface area (TPSA) is 63.3 Å². The average molecular weight is 227 g/mol. The molecule has 0 amide bonds. The van der Waals surface area contributed by atoms with Gasteiger partial charge in [-0.3, -0.25) is 9.18 Å². The lowest BCUT2D eigenvalue weighted by atomic mass is 9.53. The summed E-state index contributed by atoms with van der Waals surface area (Å²) in [7, 11) is 0. The van der Waals surface area contributed by atoms with E-state index >= 15 is 0 Å². The van der Waals surface area contributed by atoms with Gasteiger partial charge in [0.25, 0.3) is 0 Å². The molecule has 3 nitrogen and oxygen atoms in total. The van der Waals surface area contributed by atoms with E-state index in [0.29, 0.717) is 18.9 Å². The third-order valence-electron chi connectivity index (χ3n) is 4.15. The minimum absolute atomic E-state index is 0.143. The van der Waals surface area contributed by atoms with Gasteiger partial charge in [0.15, 0.2) is 0 Å². The smallest absolute Gasteiger partial charge is 0.303 e. The van der Waals surface area contributed by atoms with Gasteiger partial charge in [0, 0.05) is 0 Å². The number of allylic oxidation sites excluding steroid dienone is 2. The molecule has 16 heavy (non-hydrogen) atoms. The number of halogens is 1. The van der Waals surface area contributed by atoms with Gasteiger partial charge in [-0.25, -0.2) is 0 Å². The number of carboxylic acids is 1. The van der Waals surface area contributed by atoms with Gasteiger partial charge in [0.2, 0.25) is 0 Å². The van der Waals surface area contributed by atoms with E-state index in [2.05, 4.69) is 6.08 Å². The average Bonchev–Trinajstić information content (AvgIpc) is 2.54. The first-order valence-electron chi connectivity index (χ1n) is 5.79. The Labute approximate surface area is 94.5 Å². The molecule has 3 atom stereocenters. The van der Waals surface area contributed by atoms with E-state index in [1.807, 2.05) is 0 Å². The number of rotatable bonds is 5. The van der Waals surface area contributed by atoms with E-state index in [0.717, 1.165) is 18.4 Å². The number of carbonyl (C=O) groups is 1. The Kier molecular flexibility index (Phi) is 3.02. The van der Waals surface area contributed by atoms with E-state index in [9.17, 15) is 9.18 Å². The van der Waals surface area contributed by atoms with Crippen LogP contribution in [0.5, 0.6) is 0 Å². The molecular weight excluding hydrogens is 209 g/mol. The molecule has 0 aliphatic heterocycles. The van der Waals surface area contributed by atoms with Crippen LogP contribution >= 0.6 is 0 Å². The molecule has 0 unspecified atom stereocenters. The Morgan fingerprint density at radius 1 is 1.69 bits per heavy atom. The third-order valence-corrected chi connectivity index (χ3v) is 4.15. The fourth-order valence-electron chi connectivity index (χ4n) is 3.39. The van der Waals surface area contributed by atoms with Crippen molar-refractivity contribution in [1.82, 2.24) is 0 Å². The summed E-state index contributed by atoms with van der Waals surface area (Å²) in [4.78, 5) is 10.8. The molecule has 90 valence electrons. The molecule has 0 spiro atoms. The normalized spacial score (nSPS) is 36.5. The molecule has 0 saturated heterocycles. The summed E-state index contributed by atoms with van der Waals surface area (Å²) in [6.07, 6.45) is 4.55. The molecule has 0 radical (unpaired) electrons. The second kappa shape index (κ2) is 4.17. The van der Waals surface area contributed by atoms with Crippen molar-refractivity contribution in [2.75, 3.05) is 13.2 Å². The number of nitrogens with two attached hydrogens (primary N) is 1. The predicted octanol–water partition coefficient (Wildman–Crippen LogP) is 1.73. The minimum atomic E-state index is -0.781. The summed E-state index contributed by atoms with van der Waals surface area (Å²) in [5.41, 5.74) is 6.62. The van der Waals surface area contributed by atoms with Crippen molar-refractivity contribution >= 4 is 5.97 Å². The van der Waals surface area contributed by atoms with Gasteiger partial charge in [0.1, 0.15) is 0 Å². The summed E-state index contributed by atoms with van der Waals surface area (Å²) < 4.78 is 12.2. The number of hydrogen-bond acceptors (Lipinski definition) is 2. The summed E-state index contributed by atoms with van der Waals surface area (Å²) in [6, 6.07) is 0. The fourth-order valence-corrected chi connectivity index (χ4v) is 3.39. The number of aliphatic carboxylic acids is 1. The van der Waals surface area contributed by atoms with Gasteiger partial charge in [-0.05, 0) is 43.1 Å². The van der Waals surface area contributed by atoms with Gasteiger partial charge >= 0.3 is 5.97 Å². The van der Waals surface area contributed by atoms with E-state index in [-0.39, 0.29) is 24.4 Å². The lowest BCUT2D eigenvalue weighted by molar-refractivity contribution is -0.144. The molecule has 2 aliphatic carbocycles. The molecule has 3 N–H and O–H groups in total. The molecule has 0 bridgehead atoms. The zero-order valence-electron chi connectivity index (χ0n) is 9.29. The molecule has 1 fully saturated rings. The predicted molar refractivity (Wildman–Crippen MR) is 58.6 cm³/mol. The van der Waals surface area contributed by atoms with Gasteiger partial charge in [-0.2, -0.15) is 0 Å². The van der Waals surface area contributed by atoms with Crippen molar-refractivity contribution in [1.29, 1.82) is 0 Å². The molecule has 1 saturated carbocycles. The van der Waals surface area contributed by atoms with Crippen molar-refractivity contribution in [2.45, 2.75) is 25.7 Å². The molecule has 0 aromatic rings. The maximum atomic E-state index is 12.2. The first-order valence-corrected chi connectivity index (χ1v) is 5.79. The maximum Gasteiger partial charge on any atom is 0.303 e. The van der Waals surface area contributed by atoms with Crippen LogP contribution in [0.25, 0.3) is 0 Å². The van der Waals surface area contributed by atoms with E-state index < -0.39 is 5.97 Å². The summed E-state index contributed by atoms with van der Waals surface area (Å²) in [5, 5.41) is 8.90. The van der Waals surface area contributed by atoms with Crippen molar-refractivity contribution in [2.24, 2.45) is 23.0 Å². The second-order valence-electron chi connectivity index (χ2n) is 5.10. The van der Waals surface area contributed by atoms with Crippen molar-refractivity contribution in [3.63, 3.8) is 0 Å². The summed E-state index contributed by atoms with van der Waals surface area (Å²) in [6.45, 7) is 0.0969. The Morgan fingerprint density at radius 3 is 3.00 bits per heavy atom. The summed E-state index contributed by atoms with van der Waals surface area (Å²) in [5.74, 6) is 0.0100. The molecule has 0 heterocycles. The van der Waals surface area contributed by atoms with Crippen LogP contribution in [0.3, 0.4) is 0 Å². The van der Waals surface area contributed by atoms with Gasteiger partial charge in [0.05, 0.1) is 13.1 Å². The molecule has 4 heteroatoms. The summed E-state index contributed by atoms with van der Waals surface area (Å²) >= 11 is 0. The van der Waals surface area contributed by atoms with E-state index in [1.54, 1.807) is 0 Å². The monoisotopic (exact) mass is 227 g/mol. The second-order valence-corrected chi connectivity index (χ2v) is 5.10. The van der Waals surface area contributed by atoms with Crippen molar-refractivity contribution < 1.29 is 14.3 Å². The van der Waals surface area contributed by atoms with Gasteiger partial charge in [-0.15, -0.1) is 0 Å². The lowest BCUT2D eigenvalue weighted by Crippen LogP contribution is -2.51. The third kappa shape index (κ3) is 1.75. The zero-order valence-corrected chi connectivity index (χ0v) is 9.29. The molecular formula is C12H18FNO2. The van der Waals surface area contributed by atoms with Gasteiger partial charge < -0.3 is 10.8 Å². The van der Waals surface area contributed by atoms with Crippen LogP contribution < -0.4 is 5.73 Å². The zero-order chi connectivity index (χ0) is 11.8. The lowest BCUT2D eigenvalue weighted by Gasteiger charge is -2.51. The van der Waals surface area contributed by atoms with Gasteiger partial charge in [-0.1, -0.05) is 11.6 Å². The Balaban J connectivity index is 2.07. The largest absolute Gasteiger partial charge is 0.481 e. The number of carboxylic acid groups (broad SMARTS) is 1. The highest BCUT2D eigenvalue weighted by Gasteiger charge is 2.54. The van der Waals surface area contributed by atoms with E-state index in [1.165, 1.54) is 0 Å². The highest BCUT2D eigenvalue weighted by molar-refractivity contribution is 5.68. The Bertz CT molecular complexity index is 329. The maximum absolute atomic E-state index is 12.2. The number of alkyl halides is 1. The first-order chi connectivity index (χ1) is 7.61. The fraction of sp³-hybridized carbons (Fsp3) is 0.750. The molecule has 0 aromatic heterocycles. The van der Waals surface area contributed by atoms with Crippen LogP contribution in [0.15, 0.2) is 11.6 Å². The Hall–Kier alpha value is -0.900. The van der Waals surface area contributed by atoms with E-state index in [4.69, 9.17) is 10.8 Å². The SMILES string of the molecule is NC[C@]1(CC(=O)O)C[C@@H]2CC(CCF)=C[C@H]21.